The van der Waals surface area contributed by atoms with Gasteiger partial charge >= 0.3 is 25.5 Å². The van der Waals surface area contributed by atoms with Gasteiger partial charge in [0.05, 0.1) is 21.3 Å². The SMILES string of the molecule is CC(C)=CC=O.COC(=O)/C(=C/C=C(C)C)NC(C)=O.COC(=O)C(NC(C)=O)P(=O)(OC)OC.COC(=O)[C@H](CC=C(C)C)NC(C)=O. The molecule has 3 N–H and O–H groups in total. The quantitative estimate of drug-likeness (QED) is 0.0473. The number of hydrogen-bond acceptors (Lipinski definition) is 13. The summed E-state index contributed by atoms with van der Waals surface area (Å²) in [6.07, 6.45) is 7.91. The van der Waals surface area contributed by atoms with Crippen LogP contribution in [0, 0.1) is 0 Å². The molecule has 16 nitrogen and oxygen atoms in total. The summed E-state index contributed by atoms with van der Waals surface area (Å²) in [6, 6.07) is -0.576. The zero-order chi connectivity index (χ0) is 39.3. The molecule has 0 radical (unpaired) electrons. The summed E-state index contributed by atoms with van der Waals surface area (Å²) < 4.78 is 34.4. The number of amides is 3. The predicted octanol–water partition coefficient (Wildman–Crippen LogP) is 3.43. The second-order valence-corrected chi connectivity index (χ2v) is 12.5. The first-order chi connectivity index (χ1) is 22.6. The zero-order valence-corrected chi connectivity index (χ0v) is 31.9. The van der Waals surface area contributed by atoms with Crippen LogP contribution in [0.4, 0.5) is 0 Å². The van der Waals surface area contributed by atoms with Crippen molar-refractivity contribution in [2.45, 2.75) is 80.6 Å². The molecule has 17 heteroatoms. The maximum atomic E-state index is 11.8. The average Bonchev–Trinajstić information content (AvgIpc) is 3.02. The van der Waals surface area contributed by atoms with E-state index in [0.717, 1.165) is 44.3 Å². The lowest BCUT2D eigenvalue weighted by Gasteiger charge is -2.22. The Bertz CT molecular complexity index is 1250. The largest absolute Gasteiger partial charge is 0.467 e. The van der Waals surface area contributed by atoms with E-state index in [1.54, 1.807) is 6.08 Å². The molecule has 0 aliphatic rings. The average molecular weight is 720 g/mol. The molecule has 0 saturated heterocycles. The molecular weight excluding hydrogens is 665 g/mol. The molecule has 0 aliphatic heterocycles. The zero-order valence-electron chi connectivity index (χ0n) is 31.0. The van der Waals surface area contributed by atoms with E-state index in [-0.39, 0.29) is 17.5 Å². The molecule has 0 heterocycles. The molecule has 0 aromatic carbocycles. The first-order valence-electron chi connectivity index (χ1n) is 14.5. The van der Waals surface area contributed by atoms with Gasteiger partial charge in [0.25, 0.3) is 0 Å². The molecule has 0 saturated carbocycles. The van der Waals surface area contributed by atoms with Gasteiger partial charge < -0.3 is 39.2 Å². The number of carbonyl (C=O) groups is 7. The van der Waals surface area contributed by atoms with Crippen molar-refractivity contribution in [3.63, 3.8) is 0 Å². The van der Waals surface area contributed by atoms with E-state index < -0.39 is 43.2 Å². The van der Waals surface area contributed by atoms with Gasteiger partial charge in [-0.3, -0.25) is 23.7 Å². The summed E-state index contributed by atoms with van der Waals surface area (Å²) in [5.41, 5.74) is 3.31. The van der Waals surface area contributed by atoms with Crippen LogP contribution in [0.1, 0.15) is 68.7 Å². The molecular formula is C32H54N3O13P. The Hall–Kier alpha value is -4.40. The number of ether oxygens (including phenoxy) is 3. The fourth-order valence-corrected chi connectivity index (χ4v) is 3.93. The minimum Gasteiger partial charge on any atom is -0.467 e. The summed E-state index contributed by atoms with van der Waals surface area (Å²) in [7, 11) is 2.18. The van der Waals surface area contributed by atoms with E-state index in [4.69, 9.17) is 0 Å². The van der Waals surface area contributed by atoms with Crippen molar-refractivity contribution in [2.24, 2.45) is 0 Å². The van der Waals surface area contributed by atoms with Crippen LogP contribution in [-0.2, 0) is 61.4 Å². The van der Waals surface area contributed by atoms with E-state index in [1.807, 2.05) is 47.6 Å². The third-order valence-electron chi connectivity index (χ3n) is 4.92. The number of esters is 3. The monoisotopic (exact) mass is 719 g/mol. The topological polar surface area (TPSA) is 219 Å². The van der Waals surface area contributed by atoms with Crippen LogP contribution in [0.3, 0.4) is 0 Å². The highest BCUT2D eigenvalue weighted by Gasteiger charge is 2.41. The molecule has 3 amide bonds. The minimum atomic E-state index is -3.72. The van der Waals surface area contributed by atoms with Crippen LogP contribution in [0.15, 0.2) is 46.7 Å². The maximum absolute atomic E-state index is 11.8. The van der Waals surface area contributed by atoms with Gasteiger partial charge in [-0.1, -0.05) is 28.9 Å². The Labute approximate surface area is 289 Å². The molecule has 0 aliphatic carbocycles. The van der Waals surface area contributed by atoms with Crippen molar-refractivity contribution >= 4 is 49.5 Å². The van der Waals surface area contributed by atoms with Crippen LogP contribution in [0.2, 0.25) is 0 Å². The standard InChI is InChI=1S/C10H17NO3.C10H15NO3.C7H14NO6P.C5H8O/c2*1-7(2)5-6-9(10(13)14-4)11-8(3)12;1-5(9)8-6(7(10)12-2)15(11,13-3)14-4;1-5(2)3-4-6/h5,9H,6H2,1-4H3,(H,11,12);5-6H,1-4H3,(H,11,12);6H,1-4H3,(H,8,9);3-4H,1-2H3/b;9-6-;;/t9-;;;/m0.../s1. The maximum Gasteiger partial charge on any atom is 0.363 e. The van der Waals surface area contributed by atoms with Crippen molar-refractivity contribution in [1.82, 2.24) is 16.0 Å². The molecule has 280 valence electrons. The van der Waals surface area contributed by atoms with Gasteiger partial charge in [0, 0.05) is 35.0 Å². The normalized spacial score (nSPS) is 11.1. The van der Waals surface area contributed by atoms with Gasteiger partial charge in [0.2, 0.25) is 23.5 Å². The summed E-state index contributed by atoms with van der Waals surface area (Å²) in [5.74, 6) is -4.39. The lowest BCUT2D eigenvalue weighted by Crippen LogP contribution is -2.40. The third-order valence-corrected chi connectivity index (χ3v) is 6.91. The summed E-state index contributed by atoms with van der Waals surface area (Å²) in [4.78, 5) is 75.4. The lowest BCUT2D eigenvalue weighted by atomic mass is 10.1. The highest BCUT2D eigenvalue weighted by Crippen LogP contribution is 2.50. The van der Waals surface area contributed by atoms with Crippen molar-refractivity contribution in [1.29, 1.82) is 0 Å². The summed E-state index contributed by atoms with van der Waals surface area (Å²) >= 11 is 0. The van der Waals surface area contributed by atoms with E-state index in [2.05, 4.69) is 39.2 Å². The van der Waals surface area contributed by atoms with E-state index in [0.29, 0.717) is 6.42 Å². The number of nitrogens with one attached hydrogen (secondary N) is 3. The first kappa shape index (κ1) is 51.4. The number of methoxy groups -OCH3 is 3. The summed E-state index contributed by atoms with van der Waals surface area (Å²) in [5, 5.41) is 7.06. The van der Waals surface area contributed by atoms with Gasteiger partial charge in [-0.05, 0) is 60.1 Å². The summed E-state index contributed by atoms with van der Waals surface area (Å²) in [6.45, 7) is 15.3. The van der Waals surface area contributed by atoms with Crippen molar-refractivity contribution in [3.05, 3.63) is 46.7 Å². The molecule has 2 atom stereocenters. The molecule has 0 rings (SSSR count). The smallest absolute Gasteiger partial charge is 0.363 e. The lowest BCUT2D eigenvalue weighted by molar-refractivity contribution is -0.144. The molecule has 0 aromatic heterocycles. The van der Waals surface area contributed by atoms with E-state index >= 15 is 0 Å². The Kier molecular flexibility index (Phi) is 31.2. The molecule has 1 unspecified atom stereocenters. The van der Waals surface area contributed by atoms with E-state index in [1.165, 1.54) is 47.1 Å². The van der Waals surface area contributed by atoms with Crippen LogP contribution in [0.5, 0.6) is 0 Å². The number of hydrogen-bond donors (Lipinski definition) is 3. The minimum absolute atomic E-state index is 0.140. The second kappa shape index (κ2) is 29.7. The highest BCUT2D eigenvalue weighted by molar-refractivity contribution is 7.55. The molecule has 0 aromatic rings. The van der Waals surface area contributed by atoms with Gasteiger partial charge in [-0.15, -0.1) is 0 Å². The Morgan fingerprint density at radius 1 is 0.612 bits per heavy atom. The fourth-order valence-electron chi connectivity index (χ4n) is 2.66. The van der Waals surface area contributed by atoms with Crippen molar-refractivity contribution in [3.8, 4) is 0 Å². The van der Waals surface area contributed by atoms with Crippen LogP contribution in [-0.4, -0.2) is 89.3 Å². The van der Waals surface area contributed by atoms with Crippen LogP contribution < -0.4 is 16.0 Å². The number of allylic oxidation sites excluding steroid dienone is 6. The number of rotatable bonds is 13. The first-order valence-corrected chi connectivity index (χ1v) is 16.1. The van der Waals surface area contributed by atoms with Gasteiger partial charge in [-0.2, -0.15) is 0 Å². The van der Waals surface area contributed by atoms with Gasteiger partial charge in [0.15, 0.2) is 0 Å². The van der Waals surface area contributed by atoms with Gasteiger partial charge in [0.1, 0.15) is 18.0 Å². The second-order valence-electron chi connectivity index (χ2n) is 10.2. The fraction of sp³-hybridized carbons (Fsp3) is 0.531. The number of carbonyl (C=O) groups excluding carboxylic acids is 7. The molecule has 0 bridgehead atoms. The van der Waals surface area contributed by atoms with Crippen molar-refractivity contribution in [2.75, 3.05) is 35.5 Å². The third kappa shape index (κ3) is 29.5. The van der Waals surface area contributed by atoms with Gasteiger partial charge in [-0.25, -0.2) is 14.4 Å². The Morgan fingerprint density at radius 3 is 1.37 bits per heavy atom. The molecule has 0 fully saturated rings. The predicted molar refractivity (Wildman–Crippen MR) is 184 cm³/mol. The molecule has 49 heavy (non-hydrogen) atoms. The van der Waals surface area contributed by atoms with Crippen LogP contribution in [0.25, 0.3) is 0 Å². The van der Waals surface area contributed by atoms with Crippen LogP contribution >= 0.6 is 7.60 Å². The molecule has 0 spiro atoms. The Morgan fingerprint density at radius 2 is 1.08 bits per heavy atom. The number of aldehydes is 1. The van der Waals surface area contributed by atoms with E-state index in [9.17, 15) is 38.1 Å². The highest BCUT2D eigenvalue weighted by atomic mass is 31.2. The Balaban J connectivity index is -0.000000286. The van der Waals surface area contributed by atoms with Crippen molar-refractivity contribution < 1.29 is 61.4 Å².